The van der Waals surface area contributed by atoms with Gasteiger partial charge in [-0.1, -0.05) is 11.6 Å². The maximum absolute atomic E-state index is 5.93. The summed E-state index contributed by atoms with van der Waals surface area (Å²) < 4.78 is 8.33. The Morgan fingerprint density at radius 1 is 1.41 bits per heavy atom. The lowest BCUT2D eigenvalue weighted by Crippen LogP contribution is -2.19. The lowest BCUT2D eigenvalue weighted by molar-refractivity contribution is -0.0371. The molecule has 3 rings (SSSR count). The summed E-state index contributed by atoms with van der Waals surface area (Å²) >= 11 is 9.37. The number of rotatable bonds is 1. The van der Waals surface area contributed by atoms with Crippen molar-refractivity contribution in [2.75, 3.05) is 6.61 Å². The van der Waals surface area contributed by atoms with Crippen molar-refractivity contribution in [1.29, 1.82) is 0 Å². The summed E-state index contributed by atoms with van der Waals surface area (Å²) in [5.74, 6) is 0. The van der Waals surface area contributed by atoms with Crippen LogP contribution in [0.5, 0.6) is 0 Å². The van der Waals surface area contributed by atoms with Crippen LogP contribution in [-0.2, 0) is 4.74 Å². The SMILES string of the molecule is Clc1ccc2c(Br)nn(C3CCCCO3)c2n1. The largest absolute Gasteiger partial charge is 0.356 e. The second-order valence-corrected chi connectivity index (χ2v) is 5.20. The Labute approximate surface area is 112 Å². The fourth-order valence-corrected chi connectivity index (χ4v) is 2.70. The van der Waals surface area contributed by atoms with Gasteiger partial charge in [-0.15, -0.1) is 0 Å². The normalized spacial score (nSPS) is 20.9. The molecule has 0 bridgehead atoms. The van der Waals surface area contributed by atoms with E-state index >= 15 is 0 Å². The summed E-state index contributed by atoms with van der Waals surface area (Å²) in [6.07, 6.45) is 3.22. The van der Waals surface area contributed by atoms with Crippen LogP contribution in [0.4, 0.5) is 0 Å². The molecule has 0 aromatic carbocycles. The Morgan fingerprint density at radius 2 is 2.29 bits per heavy atom. The average molecular weight is 317 g/mol. The fourth-order valence-electron chi connectivity index (χ4n) is 2.07. The lowest BCUT2D eigenvalue weighted by atomic mass is 10.2. The number of hydrogen-bond donors (Lipinski definition) is 0. The molecule has 2 aromatic heterocycles. The van der Waals surface area contributed by atoms with Crippen molar-refractivity contribution in [2.45, 2.75) is 25.5 Å². The van der Waals surface area contributed by atoms with Crippen LogP contribution < -0.4 is 0 Å². The zero-order chi connectivity index (χ0) is 11.8. The van der Waals surface area contributed by atoms with Crippen LogP contribution in [0.1, 0.15) is 25.5 Å². The van der Waals surface area contributed by atoms with E-state index in [1.807, 2.05) is 10.7 Å². The van der Waals surface area contributed by atoms with Gasteiger partial charge in [0.05, 0.1) is 5.39 Å². The predicted molar refractivity (Wildman–Crippen MR) is 69.1 cm³/mol. The third kappa shape index (κ3) is 2.07. The standard InChI is InChI=1S/C11H11BrClN3O/c12-10-7-4-5-8(13)14-11(7)16(15-10)9-3-1-2-6-17-9/h4-5,9H,1-3,6H2. The highest BCUT2D eigenvalue weighted by atomic mass is 79.9. The van der Waals surface area contributed by atoms with Gasteiger partial charge in [0, 0.05) is 6.61 Å². The molecule has 1 unspecified atom stereocenters. The van der Waals surface area contributed by atoms with E-state index in [2.05, 4.69) is 26.0 Å². The Balaban J connectivity index is 2.11. The predicted octanol–water partition coefficient (Wildman–Crippen LogP) is 3.55. The Kier molecular flexibility index (Phi) is 3.06. The average Bonchev–Trinajstić information content (AvgIpc) is 2.67. The van der Waals surface area contributed by atoms with E-state index in [4.69, 9.17) is 16.3 Å². The molecule has 1 atom stereocenters. The van der Waals surface area contributed by atoms with E-state index in [-0.39, 0.29) is 6.23 Å². The fraction of sp³-hybridized carbons (Fsp3) is 0.455. The summed E-state index contributed by atoms with van der Waals surface area (Å²) in [7, 11) is 0. The summed E-state index contributed by atoms with van der Waals surface area (Å²) in [6.45, 7) is 0.782. The molecule has 0 saturated carbocycles. The number of pyridine rings is 1. The molecule has 0 amide bonds. The maximum atomic E-state index is 5.93. The maximum Gasteiger partial charge on any atom is 0.163 e. The van der Waals surface area contributed by atoms with Gasteiger partial charge in [0.15, 0.2) is 11.9 Å². The summed E-state index contributed by atoms with van der Waals surface area (Å²) in [5.41, 5.74) is 0.774. The molecule has 3 heterocycles. The topological polar surface area (TPSA) is 39.9 Å². The second-order valence-electron chi connectivity index (χ2n) is 4.06. The molecule has 2 aromatic rings. The molecule has 0 spiro atoms. The Hall–Kier alpha value is -0.650. The van der Waals surface area contributed by atoms with Crippen molar-refractivity contribution in [3.8, 4) is 0 Å². The molecule has 0 N–H and O–H groups in total. The van der Waals surface area contributed by atoms with E-state index in [0.29, 0.717) is 5.15 Å². The molecule has 6 heteroatoms. The van der Waals surface area contributed by atoms with E-state index in [0.717, 1.165) is 41.5 Å². The van der Waals surface area contributed by atoms with Crippen LogP contribution in [0.25, 0.3) is 11.0 Å². The first-order valence-corrected chi connectivity index (χ1v) is 6.74. The lowest BCUT2D eigenvalue weighted by Gasteiger charge is -2.22. The zero-order valence-electron chi connectivity index (χ0n) is 9.07. The molecular formula is C11H11BrClN3O. The second kappa shape index (κ2) is 4.55. The van der Waals surface area contributed by atoms with Gasteiger partial charge in [-0.25, -0.2) is 9.67 Å². The van der Waals surface area contributed by atoms with Crippen molar-refractivity contribution in [2.24, 2.45) is 0 Å². The van der Waals surface area contributed by atoms with Crippen molar-refractivity contribution in [3.63, 3.8) is 0 Å². The molecule has 1 aliphatic heterocycles. The minimum atomic E-state index is -0.0245. The van der Waals surface area contributed by atoms with Gasteiger partial charge >= 0.3 is 0 Å². The highest BCUT2D eigenvalue weighted by molar-refractivity contribution is 9.10. The molecule has 0 radical (unpaired) electrons. The molecule has 1 fully saturated rings. The van der Waals surface area contributed by atoms with Gasteiger partial charge in [-0.3, -0.25) is 0 Å². The third-order valence-corrected chi connectivity index (χ3v) is 3.70. The number of aromatic nitrogens is 3. The van der Waals surface area contributed by atoms with Gasteiger partial charge in [0.1, 0.15) is 9.76 Å². The Bertz CT molecular complexity index is 551. The third-order valence-electron chi connectivity index (χ3n) is 2.90. The van der Waals surface area contributed by atoms with Crippen LogP contribution in [0.15, 0.2) is 16.7 Å². The van der Waals surface area contributed by atoms with Crippen molar-refractivity contribution < 1.29 is 4.74 Å². The monoisotopic (exact) mass is 315 g/mol. The summed E-state index contributed by atoms with van der Waals surface area (Å²) in [6, 6.07) is 3.68. The van der Waals surface area contributed by atoms with E-state index in [1.165, 1.54) is 0 Å². The van der Waals surface area contributed by atoms with Crippen molar-refractivity contribution in [3.05, 3.63) is 21.9 Å². The molecule has 90 valence electrons. The first-order chi connectivity index (χ1) is 8.25. The number of halogens is 2. The molecule has 4 nitrogen and oxygen atoms in total. The summed E-state index contributed by atoms with van der Waals surface area (Å²) in [5, 5.41) is 5.88. The highest BCUT2D eigenvalue weighted by Gasteiger charge is 2.21. The number of nitrogens with zero attached hydrogens (tertiary/aromatic N) is 3. The molecule has 0 aliphatic carbocycles. The number of fused-ring (bicyclic) bond motifs is 1. The highest BCUT2D eigenvalue weighted by Crippen LogP contribution is 2.29. The zero-order valence-corrected chi connectivity index (χ0v) is 11.4. The van der Waals surface area contributed by atoms with E-state index in [1.54, 1.807) is 6.07 Å². The van der Waals surface area contributed by atoms with Crippen LogP contribution >= 0.6 is 27.5 Å². The van der Waals surface area contributed by atoms with Crippen molar-refractivity contribution in [1.82, 2.24) is 14.8 Å². The van der Waals surface area contributed by atoms with Gasteiger partial charge in [-0.2, -0.15) is 5.10 Å². The van der Waals surface area contributed by atoms with Crippen LogP contribution in [0, 0.1) is 0 Å². The van der Waals surface area contributed by atoms with Gasteiger partial charge in [0.25, 0.3) is 0 Å². The van der Waals surface area contributed by atoms with Crippen LogP contribution in [-0.4, -0.2) is 21.4 Å². The smallest absolute Gasteiger partial charge is 0.163 e. The number of ether oxygens (including phenoxy) is 1. The van der Waals surface area contributed by atoms with E-state index in [9.17, 15) is 0 Å². The quantitative estimate of drug-likeness (QED) is 0.755. The molecular weight excluding hydrogens is 305 g/mol. The first kappa shape index (κ1) is 11.4. The van der Waals surface area contributed by atoms with Gasteiger partial charge < -0.3 is 4.74 Å². The van der Waals surface area contributed by atoms with Crippen LogP contribution in [0.2, 0.25) is 5.15 Å². The van der Waals surface area contributed by atoms with Crippen LogP contribution in [0.3, 0.4) is 0 Å². The minimum Gasteiger partial charge on any atom is -0.356 e. The van der Waals surface area contributed by atoms with Gasteiger partial charge in [-0.05, 0) is 47.3 Å². The molecule has 1 aliphatic rings. The summed E-state index contributed by atoms with van der Waals surface area (Å²) in [4.78, 5) is 4.33. The minimum absolute atomic E-state index is 0.0245. The molecule has 1 saturated heterocycles. The number of hydrogen-bond acceptors (Lipinski definition) is 3. The first-order valence-electron chi connectivity index (χ1n) is 5.57. The van der Waals surface area contributed by atoms with E-state index < -0.39 is 0 Å². The van der Waals surface area contributed by atoms with Gasteiger partial charge in [0.2, 0.25) is 0 Å². The molecule has 17 heavy (non-hydrogen) atoms. The Morgan fingerprint density at radius 3 is 3.06 bits per heavy atom. The van der Waals surface area contributed by atoms with Crippen molar-refractivity contribution >= 4 is 38.6 Å².